The monoisotopic (exact) mass is 436 g/mol. The maximum absolute atomic E-state index is 13.4. The van der Waals surface area contributed by atoms with E-state index in [4.69, 9.17) is 4.74 Å². The van der Waals surface area contributed by atoms with E-state index in [0.29, 0.717) is 24.5 Å². The maximum Gasteiger partial charge on any atom is 0.418 e. The lowest BCUT2D eigenvalue weighted by atomic mass is 9.96. The Morgan fingerprint density at radius 1 is 1.10 bits per heavy atom. The van der Waals surface area contributed by atoms with Crippen LogP contribution in [-0.4, -0.2) is 80.4 Å². The molecule has 0 unspecified atom stereocenters. The summed E-state index contributed by atoms with van der Waals surface area (Å²) < 4.78 is 46.6. The van der Waals surface area contributed by atoms with E-state index in [1.807, 2.05) is 0 Å². The van der Waals surface area contributed by atoms with Crippen LogP contribution in [0, 0.1) is 5.92 Å². The van der Waals surface area contributed by atoms with Crippen molar-refractivity contribution in [2.24, 2.45) is 5.92 Å². The van der Waals surface area contributed by atoms with Crippen molar-refractivity contribution in [3.05, 3.63) is 36.0 Å². The summed E-state index contributed by atoms with van der Waals surface area (Å²) in [6.07, 6.45) is -1.96. The second-order valence-corrected chi connectivity index (χ2v) is 8.91. The number of rotatable bonds is 5. The summed E-state index contributed by atoms with van der Waals surface area (Å²) >= 11 is 0. The summed E-state index contributed by atoms with van der Waals surface area (Å²) in [6, 6.07) is 6.18. The molecule has 0 amide bonds. The van der Waals surface area contributed by atoms with Crippen LogP contribution in [0.3, 0.4) is 0 Å². The lowest BCUT2D eigenvalue weighted by molar-refractivity contribution is -0.136. The summed E-state index contributed by atoms with van der Waals surface area (Å²) in [7, 11) is 2.15. The number of fused-ring (bicyclic) bond motifs is 1. The molecule has 4 rings (SSSR count). The molecule has 2 atom stereocenters. The van der Waals surface area contributed by atoms with Gasteiger partial charge in [-0.2, -0.15) is 13.2 Å². The molecule has 0 spiro atoms. The molecule has 0 N–H and O–H groups in total. The van der Waals surface area contributed by atoms with E-state index < -0.39 is 11.7 Å². The molecule has 2 aliphatic heterocycles. The number of alkyl halides is 3. The summed E-state index contributed by atoms with van der Waals surface area (Å²) in [6.45, 7) is 9.57. The maximum atomic E-state index is 13.4. The number of hydrogen-bond acceptors (Lipinski definition) is 5. The van der Waals surface area contributed by atoms with Gasteiger partial charge in [-0.25, -0.2) is 0 Å². The number of ether oxygens (including phenoxy) is 1. The van der Waals surface area contributed by atoms with Crippen molar-refractivity contribution in [2.75, 3.05) is 64.4 Å². The first-order chi connectivity index (χ1) is 14.8. The van der Waals surface area contributed by atoms with Crippen molar-refractivity contribution in [3.8, 4) is 0 Å². The summed E-state index contributed by atoms with van der Waals surface area (Å²) in [5.74, 6) is 0.399. The zero-order chi connectivity index (χ0) is 22.0. The molecule has 2 aliphatic rings. The normalized spacial score (nSPS) is 24.1. The van der Waals surface area contributed by atoms with Crippen molar-refractivity contribution in [1.29, 1.82) is 0 Å². The third kappa shape index (κ3) is 5.30. The van der Waals surface area contributed by atoms with E-state index in [9.17, 15) is 13.2 Å². The van der Waals surface area contributed by atoms with Gasteiger partial charge in [0.15, 0.2) is 0 Å². The molecule has 0 aliphatic carbocycles. The highest BCUT2D eigenvalue weighted by Crippen LogP contribution is 2.38. The third-order valence-electron chi connectivity index (χ3n) is 6.37. The molecule has 2 fully saturated rings. The smallest absolute Gasteiger partial charge is 0.375 e. The molecule has 1 aromatic heterocycles. The second kappa shape index (κ2) is 9.30. The lowest BCUT2D eigenvalue weighted by Gasteiger charge is -2.39. The molecule has 2 aromatic rings. The number of benzene rings is 1. The van der Waals surface area contributed by atoms with Gasteiger partial charge in [0.05, 0.1) is 23.8 Å². The van der Waals surface area contributed by atoms with Gasteiger partial charge in [-0.3, -0.25) is 9.88 Å². The van der Waals surface area contributed by atoms with Crippen molar-refractivity contribution in [2.45, 2.75) is 25.6 Å². The summed E-state index contributed by atoms with van der Waals surface area (Å²) in [5, 5.41) is 0.544. The highest BCUT2D eigenvalue weighted by atomic mass is 19.4. The number of pyridine rings is 1. The fourth-order valence-corrected chi connectivity index (χ4v) is 4.69. The average Bonchev–Trinajstić information content (AvgIpc) is 2.73. The zero-order valence-electron chi connectivity index (χ0n) is 18.2. The first kappa shape index (κ1) is 22.3. The topological polar surface area (TPSA) is 31.8 Å². The molecule has 0 saturated carbocycles. The van der Waals surface area contributed by atoms with Gasteiger partial charge in [0.1, 0.15) is 0 Å². The lowest BCUT2D eigenvalue weighted by Crippen LogP contribution is -2.47. The van der Waals surface area contributed by atoms with E-state index in [-0.39, 0.29) is 11.6 Å². The number of halogens is 3. The Hall–Kier alpha value is -1.90. The van der Waals surface area contributed by atoms with Crippen LogP contribution in [0.25, 0.3) is 10.9 Å². The van der Waals surface area contributed by atoms with E-state index in [1.165, 1.54) is 6.20 Å². The molecule has 8 heteroatoms. The van der Waals surface area contributed by atoms with Crippen molar-refractivity contribution < 1.29 is 17.9 Å². The Labute approximate surface area is 181 Å². The number of piperidine rings is 1. The number of piperazine rings is 1. The van der Waals surface area contributed by atoms with Crippen LogP contribution in [0.4, 0.5) is 18.9 Å². The fourth-order valence-electron chi connectivity index (χ4n) is 4.69. The Kier molecular flexibility index (Phi) is 6.69. The van der Waals surface area contributed by atoms with Crippen molar-refractivity contribution >= 4 is 16.6 Å². The van der Waals surface area contributed by atoms with Gasteiger partial charge < -0.3 is 14.5 Å². The Bertz CT molecular complexity index is 883. The number of likely N-dealkylation sites (N-methyl/N-ethyl adjacent to an activating group) is 1. The van der Waals surface area contributed by atoms with Crippen LogP contribution in [0.15, 0.2) is 30.5 Å². The molecule has 3 heterocycles. The second-order valence-electron chi connectivity index (χ2n) is 8.91. The highest BCUT2D eigenvalue weighted by molar-refractivity contribution is 5.94. The molecule has 0 radical (unpaired) electrons. The predicted octanol–water partition coefficient (Wildman–Crippen LogP) is 3.73. The van der Waals surface area contributed by atoms with Gasteiger partial charge in [0, 0.05) is 63.1 Å². The average molecular weight is 437 g/mol. The van der Waals surface area contributed by atoms with Crippen LogP contribution in [0.5, 0.6) is 0 Å². The molecule has 5 nitrogen and oxygen atoms in total. The minimum absolute atomic E-state index is 0.0123. The van der Waals surface area contributed by atoms with Gasteiger partial charge >= 0.3 is 6.18 Å². The summed E-state index contributed by atoms with van der Waals surface area (Å²) in [5.41, 5.74) is 0.130. The molecule has 1 aromatic carbocycles. The standard InChI is InChI=1S/C23H31F3N4O/c1-17-14-18(31-13-12-29-10-8-28(2)9-11-29)16-30(15-17)21-6-5-20(23(24,25)26)22-19(21)4-3-7-27-22/h3-7,17-18H,8-16H2,1-2H3/t17-,18+/m0/s1. The Morgan fingerprint density at radius 2 is 1.87 bits per heavy atom. The minimum Gasteiger partial charge on any atom is -0.375 e. The largest absolute Gasteiger partial charge is 0.418 e. The van der Waals surface area contributed by atoms with Crippen molar-refractivity contribution in [3.63, 3.8) is 0 Å². The SMILES string of the molecule is C[C@H]1C[C@@H](OCCN2CCN(C)CC2)CN(c2ccc(C(F)(F)F)c3ncccc23)C1. The molecule has 170 valence electrons. The van der Waals surface area contributed by atoms with Gasteiger partial charge in [-0.15, -0.1) is 0 Å². The Morgan fingerprint density at radius 3 is 2.61 bits per heavy atom. The molecule has 31 heavy (non-hydrogen) atoms. The van der Waals surface area contributed by atoms with E-state index >= 15 is 0 Å². The number of hydrogen-bond donors (Lipinski definition) is 0. The number of nitrogens with zero attached hydrogens (tertiary/aromatic N) is 4. The van der Waals surface area contributed by atoms with Crippen molar-refractivity contribution in [1.82, 2.24) is 14.8 Å². The Balaban J connectivity index is 1.45. The fraction of sp³-hybridized carbons (Fsp3) is 0.609. The summed E-state index contributed by atoms with van der Waals surface area (Å²) in [4.78, 5) is 11.0. The van der Waals surface area contributed by atoms with Gasteiger partial charge in [0.2, 0.25) is 0 Å². The van der Waals surface area contributed by atoms with Crippen LogP contribution in [0.1, 0.15) is 18.9 Å². The first-order valence-corrected chi connectivity index (χ1v) is 11.0. The van der Waals surface area contributed by atoms with Crippen LogP contribution >= 0.6 is 0 Å². The minimum atomic E-state index is -4.42. The van der Waals surface area contributed by atoms with Crippen LogP contribution < -0.4 is 4.90 Å². The molecule has 2 saturated heterocycles. The first-order valence-electron chi connectivity index (χ1n) is 11.0. The van der Waals surface area contributed by atoms with Gasteiger partial charge in [-0.05, 0) is 43.7 Å². The van der Waals surface area contributed by atoms with E-state index in [1.54, 1.807) is 18.2 Å². The van der Waals surface area contributed by atoms with E-state index in [2.05, 4.69) is 33.7 Å². The van der Waals surface area contributed by atoms with E-state index in [0.717, 1.165) is 57.4 Å². The van der Waals surface area contributed by atoms with Crippen LogP contribution in [0.2, 0.25) is 0 Å². The molecular formula is C23H31F3N4O. The predicted molar refractivity (Wildman–Crippen MR) is 116 cm³/mol. The molecular weight excluding hydrogens is 405 g/mol. The van der Waals surface area contributed by atoms with Crippen LogP contribution in [-0.2, 0) is 10.9 Å². The van der Waals surface area contributed by atoms with Gasteiger partial charge in [0.25, 0.3) is 0 Å². The highest BCUT2D eigenvalue weighted by Gasteiger charge is 2.35. The molecule has 0 bridgehead atoms. The quantitative estimate of drug-likeness (QED) is 0.713. The number of anilines is 1. The number of aromatic nitrogens is 1. The third-order valence-corrected chi connectivity index (χ3v) is 6.37. The zero-order valence-corrected chi connectivity index (χ0v) is 18.2. The van der Waals surface area contributed by atoms with Gasteiger partial charge in [-0.1, -0.05) is 6.92 Å².